The van der Waals surface area contributed by atoms with Gasteiger partial charge in [0.15, 0.2) is 0 Å². The Hall–Kier alpha value is -3.06. The van der Waals surface area contributed by atoms with Gasteiger partial charge in [0.05, 0.1) is 18.0 Å². The van der Waals surface area contributed by atoms with E-state index in [1.807, 2.05) is 52.0 Å². The third-order valence-electron chi connectivity index (χ3n) is 9.58. The number of carbonyl (C=O) groups excluding carboxylic acids is 2. The fraction of sp³-hybridized carbons (Fsp3) is 0.538. The molecule has 2 aliphatic rings. The average Bonchev–Trinajstić information content (AvgIpc) is 3.03. The van der Waals surface area contributed by atoms with Crippen LogP contribution in [-0.4, -0.2) is 27.5 Å². The quantitative estimate of drug-likeness (QED) is 0.198. The smallest absolute Gasteiger partial charge is 0.310 e. The summed E-state index contributed by atoms with van der Waals surface area (Å²) in [6.45, 7) is 9.75. The first-order valence-corrected chi connectivity index (χ1v) is 17.8. The van der Waals surface area contributed by atoms with Gasteiger partial charge in [0, 0.05) is 21.6 Å². The van der Waals surface area contributed by atoms with Crippen LogP contribution in [0.1, 0.15) is 129 Å². The molecule has 0 amide bonds. The molecule has 1 saturated carbocycles. The lowest BCUT2D eigenvalue weighted by atomic mass is 9.75. The van der Waals surface area contributed by atoms with Gasteiger partial charge in [-0.15, -0.1) is 0 Å². The molecule has 5 rings (SSSR count). The van der Waals surface area contributed by atoms with E-state index in [-0.39, 0.29) is 19.0 Å². The maximum Gasteiger partial charge on any atom is 0.310 e. The summed E-state index contributed by atoms with van der Waals surface area (Å²) in [4.78, 5) is 36.0. The van der Waals surface area contributed by atoms with Gasteiger partial charge in [-0.25, -0.2) is 9.97 Å². The Kier molecular flexibility index (Phi) is 11.3. The number of halogens is 1. The molecule has 3 aromatic rings. The van der Waals surface area contributed by atoms with Crippen LogP contribution in [0.4, 0.5) is 0 Å². The topological polar surface area (TPSA) is 78.4 Å². The number of carbonyl (C=O) groups is 2. The van der Waals surface area contributed by atoms with E-state index in [4.69, 9.17) is 19.4 Å². The van der Waals surface area contributed by atoms with Crippen molar-refractivity contribution in [1.29, 1.82) is 0 Å². The highest BCUT2D eigenvalue weighted by Crippen LogP contribution is 2.42. The predicted molar refractivity (Wildman–Crippen MR) is 185 cm³/mol. The van der Waals surface area contributed by atoms with Crippen molar-refractivity contribution in [2.24, 2.45) is 5.92 Å². The van der Waals surface area contributed by atoms with Crippen molar-refractivity contribution in [3.05, 3.63) is 92.0 Å². The lowest BCUT2D eigenvalue weighted by Crippen LogP contribution is -2.30. The lowest BCUT2D eigenvalue weighted by molar-refractivity contribution is -0.164. The van der Waals surface area contributed by atoms with E-state index < -0.39 is 17.5 Å². The van der Waals surface area contributed by atoms with Gasteiger partial charge >= 0.3 is 11.9 Å². The summed E-state index contributed by atoms with van der Waals surface area (Å²) in [5.41, 5.74) is 8.07. The fourth-order valence-corrected chi connectivity index (χ4v) is 7.49. The lowest BCUT2D eigenvalue weighted by Gasteiger charge is -2.30. The minimum Gasteiger partial charge on any atom is -0.461 e. The molecule has 2 aromatic carbocycles. The van der Waals surface area contributed by atoms with Crippen LogP contribution in [0.25, 0.3) is 0 Å². The first kappa shape index (κ1) is 34.3. The summed E-state index contributed by atoms with van der Waals surface area (Å²) in [5, 5.41) is 0. The Morgan fingerprint density at radius 1 is 0.935 bits per heavy atom. The van der Waals surface area contributed by atoms with Gasteiger partial charge in [0.2, 0.25) is 0 Å². The van der Waals surface area contributed by atoms with E-state index in [2.05, 4.69) is 41.1 Å². The van der Waals surface area contributed by atoms with Gasteiger partial charge in [0.25, 0.3) is 0 Å². The molecule has 0 radical (unpaired) electrons. The number of hydrogen-bond acceptors (Lipinski definition) is 6. The van der Waals surface area contributed by atoms with Gasteiger partial charge in [-0.3, -0.25) is 9.59 Å². The molecule has 1 fully saturated rings. The number of hydrogen-bond donors (Lipinski definition) is 0. The van der Waals surface area contributed by atoms with Gasteiger partial charge in [0.1, 0.15) is 18.0 Å². The molecule has 1 heterocycles. The summed E-state index contributed by atoms with van der Waals surface area (Å²) in [5.74, 6) is 0.352. The summed E-state index contributed by atoms with van der Waals surface area (Å²) in [7, 11) is 0. The maximum absolute atomic E-state index is 13.3. The van der Waals surface area contributed by atoms with Crippen molar-refractivity contribution in [3.8, 4) is 0 Å². The number of esters is 2. The Morgan fingerprint density at radius 2 is 1.63 bits per heavy atom. The molecule has 1 atom stereocenters. The van der Waals surface area contributed by atoms with E-state index in [1.165, 1.54) is 44.1 Å². The third-order valence-corrected chi connectivity index (χ3v) is 10.4. The SMILES string of the molecule is Cc1nc(CC[C@H](CC(=O)OCc2ccccc2Br)C(=O)OC(C)(C)C)c(C)c(C2CCC(c3ccc4c(c3)CCCC4)CC2)n1. The second kappa shape index (κ2) is 15.2. The predicted octanol–water partition coefficient (Wildman–Crippen LogP) is 9.20. The zero-order chi connectivity index (χ0) is 32.8. The summed E-state index contributed by atoms with van der Waals surface area (Å²) >= 11 is 3.50. The van der Waals surface area contributed by atoms with Crippen LogP contribution in [-0.2, 0) is 44.9 Å². The molecule has 0 spiro atoms. The van der Waals surface area contributed by atoms with Crippen molar-refractivity contribution < 1.29 is 19.1 Å². The maximum atomic E-state index is 13.3. The summed E-state index contributed by atoms with van der Waals surface area (Å²) in [6.07, 6.45) is 10.6. The highest BCUT2D eigenvalue weighted by Gasteiger charge is 2.30. The fourth-order valence-electron chi connectivity index (χ4n) is 7.09. The number of nitrogens with zero attached hydrogens (tertiary/aromatic N) is 2. The van der Waals surface area contributed by atoms with E-state index in [9.17, 15) is 9.59 Å². The van der Waals surface area contributed by atoms with Crippen molar-refractivity contribution in [1.82, 2.24) is 9.97 Å². The number of aromatic nitrogens is 2. The molecule has 0 N–H and O–H groups in total. The zero-order valence-corrected chi connectivity index (χ0v) is 29.8. The highest BCUT2D eigenvalue weighted by molar-refractivity contribution is 9.10. The van der Waals surface area contributed by atoms with Crippen molar-refractivity contribution >= 4 is 27.9 Å². The normalized spacial score (nSPS) is 18.8. The second-order valence-electron chi connectivity index (χ2n) is 14.2. The molecule has 0 aliphatic heterocycles. The van der Waals surface area contributed by atoms with Crippen LogP contribution in [0, 0.1) is 19.8 Å². The number of ether oxygens (including phenoxy) is 2. The molecule has 0 saturated heterocycles. The Bertz CT molecular complexity index is 1540. The number of benzene rings is 2. The monoisotopic (exact) mass is 688 g/mol. The average molecular weight is 690 g/mol. The van der Waals surface area contributed by atoms with Crippen molar-refractivity contribution in [3.63, 3.8) is 0 Å². The second-order valence-corrected chi connectivity index (χ2v) is 15.1. The number of fused-ring (bicyclic) bond motifs is 1. The number of rotatable bonds is 10. The summed E-state index contributed by atoms with van der Waals surface area (Å²) in [6, 6.07) is 14.9. The molecule has 2 aliphatic carbocycles. The molecule has 7 heteroatoms. The molecule has 246 valence electrons. The van der Waals surface area contributed by atoms with E-state index >= 15 is 0 Å². The highest BCUT2D eigenvalue weighted by atomic mass is 79.9. The van der Waals surface area contributed by atoms with Crippen LogP contribution in [0.5, 0.6) is 0 Å². The molecule has 0 bridgehead atoms. The minimum absolute atomic E-state index is 0.0396. The Morgan fingerprint density at radius 3 is 2.35 bits per heavy atom. The van der Waals surface area contributed by atoms with Gasteiger partial charge < -0.3 is 9.47 Å². The Labute approximate surface area is 283 Å². The van der Waals surface area contributed by atoms with Crippen molar-refractivity contribution in [2.75, 3.05) is 0 Å². The zero-order valence-electron chi connectivity index (χ0n) is 28.2. The van der Waals surface area contributed by atoms with Crippen LogP contribution in [0.2, 0.25) is 0 Å². The molecule has 0 unspecified atom stereocenters. The van der Waals surface area contributed by atoms with Crippen LogP contribution in [0.15, 0.2) is 46.9 Å². The van der Waals surface area contributed by atoms with Crippen LogP contribution < -0.4 is 0 Å². The third kappa shape index (κ3) is 9.05. The molecular weight excluding hydrogens is 640 g/mol. The molecule has 1 aromatic heterocycles. The van der Waals surface area contributed by atoms with Crippen LogP contribution >= 0.6 is 15.9 Å². The number of aryl methyl sites for hydroxylation is 4. The van der Waals surface area contributed by atoms with E-state index in [1.54, 1.807) is 11.1 Å². The Balaban J connectivity index is 1.24. The van der Waals surface area contributed by atoms with Crippen molar-refractivity contribution in [2.45, 2.75) is 129 Å². The van der Waals surface area contributed by atoms with Gasteiger partial charge in [-0.05, 0) is 133 Å². The van der Waals surface area contributed by atoms with Gasteiger partial charge in [-0.2, -0.15) is 0 Å². The van der Waals surface area contributed by atoms with Crippen LogP contribution in [0.3, 0.4) is 0 Å². The van der Waals surface area contributed by atoms with E-state index in [0.717, 1.165) is 45.7 Å². The molecule has 46 heavy (non-hydrogen) atoms. The molecule has 6 nitrogen and oxygen atoms in total. The standard InChI is InChI=1S/C39H49BrN2O4/c1-25-35(21-20-32(38(44)46-39(3,4)5)23-36(43)45-24-33-12-8-9-13-34(33)40)41-26(2)42-37(25)29-17-14-28(15-18-29)31-19-16-27-10-6-7-11-30(27)22-31/h8-9,12-13,16,19,22,28-29,32H,6-7,10-11,14-15,17-18,20-21,23-24H2,1-5H3/t28?,29?,32-/m1/s1. The summed E-state index contributed by atoms with van der Waals surface area (Å²) < 4.78 is 12.2. The van der Waals surface area contributed by atoms with Gasteiger partial charge in [-0.1, -0.05) is 52.3 Å². The van der Waals surface area contributed by atoms with E-state index in [0.29, 0.717) is 24.7 Å². The first-order chi connectivity index (χ1) is 22.0. The minimum atomic E-state index is -0.652. The first-order valence-electron chi connectivity index (χ1n) is 17.0. The molecular formula is C39H49BrN2O4. The largest absolute Gasteiger partial charge is 0.461 e.